The standard InChI is InChI=1S/C17H17BrClN5O3/c1-27-11-4-7(2-3-21-11)8-5-10(14(26)13(8)25)24-6-9(18)12-15(20)22-17(19)23-16(12)24/h2-4,6,8,10,13-14,25-26H,5H2,1H3,(H2,20,22,23)/t8-,10-,13-,14+/m1/s1. The van der Waals surface area contributed by atoms with Crippen LogP contribution in [0.5, 0.6) is 5.88 Å². The van der Waals surface area contributed by atoms with Crippen LogP contribution >= 0.6 is 27.5 Å². The summed E-state index contributed by atoms with van der Waals surface area (Å²) in [6.07, 6.45) is 1.95. The number of aliphatic hydroxyl groups is 2. The van der Waals surface area contributed by atoms with Crippen LogP contribution in [0.1, 0.15) is 23.9 Å². The van der Waals surface area contributed by atoms with Crippen LogP contribution in [0.2, 0.25) is 5.28 Å². The van der Waals surface area contributed by atoms with E-state index in [1.54, 1.807) is 23.0 Å². The lowest BCUT2D eigenvalue weighted by molar-refractivity contribution is 0.0178. The van der Waals surface area contributed by atoms with Crippen molar-refractivity contribution in [1.82, 2.24) is 19.5 Å². The van der Waals surface area contributed by atoms with Gasteiger partial charge in [0.15, 0.2) is 0 Å². The molecule has 27 heavy (non-hydrogen) atoms. The van der Waals surface area contributed by atoms with Crippen LogP contribution in [-0.2, 0) is 0 Å². The molecule has 10 heteroatoms. The summed E-state index contributed by atoms with van der Waals surface area (Å²) in [5.74, 6) is 0.422. The molecular formula is C17H17BrClN5O3. The van der Waals surface area contributed by atoms with Crippen molar-refractivity contribution in [1.29, 1.82) is 0 Å². The Bertz CT molecular complexity index is 1010. The van der Waals surface area contributed by atoms with E-state index in [4.69, 9.17) is 22.1 Å². The maximum Gasteiger partial charge on any atom is 0.226 e. The van der Waals surface area contributed by atoms with E-state index in [1.807, 2.05) is 6.07 Å². The van der Waals surface area contributed by atoms with Gasteiger partial charge in [-0.15, -0.1) is 0 Å². The molecule has 1 aliphatic carbocycles. The van der Waals surface area contributed by atoms with E-state index in [0.29, 0.717) is 27.8 Å². The van der Waals surface area contributed by atoms with Crippen molar-refractivity contribution in [3.63, 3.8) is 0 Å². The van der Waals surface area contributed by atoms with Crippen LogP contribution in [0.25, 0.3) is 11.0 Å². The number of hydrogen-bond acceptors (Lipinski definition) is 7. The van der Waals surface area contributed by atoms with Crippen molar-refractivity contribution in [2.75, 3.05) is 12.8 Å². The van der Waals surface area contributed by atoms with Crippen molar-refractivity contribution >= 4 is 44.4 Å². The predicted molar refractivity (Wildman–Crippen MR) is 104 cm³/mol. The number of fused-ring (bicyclic) bond motifs is 1. The zero-order valence-electron chi connectivity index (χ0n) is 14.3. The normalized spacial score (nSPS) is 25.2. The van der Waals surface area contributed by atoms with Gasteiger partial charge in [0.2, 0.25) is 11.2 Å². The van der Waals surface area contributed by atoms with Crippen molar-refractivity contribution in [2.45, 2.75) is 30.6 Å². The Labute approximate surface area is 168 Å². The van der Waals surface area contributed by atoms with Gasteiger partial charge in [0.25, 0.3) is 0 Å². The van der Waals surface area contributed by atoms with Crippen LogP contribution in [0.4, 0.5) is 5.82 Å². The molecule has 3 heterocycles. The first-order chi connectivity index (χ1) is 12.9. The fourth-order valence-corrected chi connectivity index (χ4v) is 4.51. The molecule has 0 aromatic carbocycles. The summed E-state index contributed by atoms with van der Waals surface area (Å²) in [6.45, 7) is 0. The number of ether oxygens (including phenoxy) is 1. The highest BCUT2D eigenvalue weighted by molar-refractivity contribution is 9.10. The summed E-state index contributed by atoms with van der Waals surface area (Å²) in [5.41, 5.74) is 7.32. The highest BCUT2D eigenvalue weighted by atomic mass is 79.9. The van der Waals surface area contributed by atoms with Crippen molar-refractivity contribution in [3.8, 4) is 5.88 Å². The summed E-state index contributed by atoms with van der Waals surface area (Å²) in [5, 5.41) is 22.1. The summed E-state index contributed by atoms with van der Waals surface area (Å²) in [7, 11) is 1.53. The molecule has 0 amide bonds. The summed E-state index contributed by atoms with van der Waals surface area (Å²) in [4.78, 5) is 12.3. The number of nitrogen functional groups attached to an aromatic ring is 1. The molecule has 8 nitrogen and oxygen atoms in total. The van der Waals surface area contributed by atoms with Gasteiger partial charge in [0.1, 0.15) is 17.6 Å². The maximum atomic E-state index is 10.7. The lowest BCUT2D eigenvalue weighted by Gasteiger charge is -2.19. The third-order valence-electron chi connectivity index (χ3n) is 5.03. The van der Waals surface area contributed by atoms with E-state index in [1.165, 1.54) is 7.11 Å². The largest absolute Gasteiger partial charge is 0.481 e. The second-order valence-electron chi connectivity index (χ2n) is 6.48. The minimum Gasteiger partial charge on any atom is -0.481 e. The Morgan fingerprint density at radius 3 is 2.85 bits per heavy atom. The van der Waals surface area contributed by atoms with Crippen LogP contribution < -0.4 is 10.5 Å². The molecule has 3 aromatic rings. The van der Waals surface area contributed by atoms with Crippen molar-refractivity contribution in [2.24, 2.45) is 0 Å². The van der Waals surface area contributed by atoms with E-state index >= 15 is 0 Å². The Morgan fingerprint density at radius 2 is 2.11 bits per heavy atom. The van der Waals surface area contributed by atoms with Gasteiger partial charge in [-0.25, -0.2) is 9.97 Å². The van der Waals surface area contributed by atoms with E-state index in [-0.39, 0.29) is 17.0 Å². The number of aliphatic hydroxyl groups excluding tert-OH is 2. The monoisotopic (exact) mass is 453 g/mol. The minimum atomic E-state index is -0.994. The minimum absolute atomic E-state index is 0.0234. The number of rotatable bonds is 3. The second kappa shape index (κ2) is 6.90. The highest BCUT2D eigenvalue weighted by Crippen LogP contribution is 2.44. The molecule has 0 saturated heterocycles. The number of halogens is 2. The number of pyridine rings is 1. The zero-order valence-corrected chi connectivity index (χ0v) is 16.6. The summed E-state index contributed by atoms with van der Waals surface area (Å²) >= 11 is 9.43. The highest BCUT2D eigenvalue weighted by Gasteiger charge is 2.44. The number of anilines is 1. The number of nitrogens with two attached hydrogens (primary N) is 1. The molecule has 1 saturated carbocycles. The molecule has 3 aromatic heterocycles. The van der Waals surface area contributed by atoms with Gasteiger partial charge in [-0.05, 0) is 45.6 Å². The van der Waals surface area contributed by atoms with Crippen LogP contribution in [-0.4, -0.2) is 49.0 Å². The molecule has 142 valence electrons. The molecule has 1 fully saturated rings. The third-order valence-corrected chi connectivity index (χ3v) is 5.80. The molecule has 4 rings (SSSR count). The fourth-order valence-electron chi connectivity index (χ4n) is 3.74. The van der Waals surface area contributed by atoms with Crippen LogP contribution in [0, 0.1) is 0 Å². The van der Waals surface area contributed by atoms with Gasteiger partial charge in [-0.3, -0.25) is 0 Å². The average Bonchev–Trinajstić information content (AvgIpc) is 3.12. The Hall–Kier alpha value is -1.94. The van der Waals surface area contributed by atoms with Gasteiger partial charge in [-0.1, -0.05) is 0 Å². The topological polar surface area (TPSA) is 119 Å². The van der Waals surface area contributed by atoms with Gasteiger partial charge < -0.3 is 25.3 Å². The molecule has 4 atom stereocenters. The molecule has 0 radical (unpaired) electrons. The lowest BCUT2D eigenvalue weighted by Crippen LogP contribution is -2.29. The number of nitrogens with zero attached hydrogens (tertiary/aromatic N) is 4. The smallest absolute Gasteiger partial charge is 0.226 e. The van der Waals surface area contributed by atoms with Crippen molar-refractivity contribution in [3.05, 3.63) is 39.8 Å². The first-order valence-corrected chi connectivity index (χ1v) is 9.43. The number of hydrogen-bond donors (Lipinski definition) is 3. The maximum absolute atomic E-state index is 10.7. The van der Waals surface area contributed by atoms with Gasteiger partial charge in [-0.2, -0.15) is 4.98 Å². The van der Waals surface area contributed by atoms with Crippen LogP contribution in [0.3, 0.4) is 0 Å². The number of aromatic nitrogens is 4. The quantitative estimate of drug-likeness (QED) is 0.519. The van der Waals surface area contributed by atoms with E-state index in [9.17, 15) is 10.2 Å². The van der Waals surface area contributed by atoms with E-state index in [2.05, 4.69) is 30.9 Å². The first kappa shape index (κ1) is 18.4. The molecule has 1 aliphatic rings. The Morgan fingerprint density at radius 1 is 1.33 bits per heavy atom. The van der Waals surface area contributed by atoms with Gasteiger partial charge in [0.05, 0.1) is 24.6 Å². The third kappa shape index (κ3) is 3.04. The molecule has 4 N–H and O–H groups in total. The first-order valence-electron chi connectivity index (χ1n) is 8.25. The molecule has 0 unspecified atom stereocenters. The van der Waals surface area contributed by atoms with E-state index < -0.39 is 18.2 Å². The Kier molecular flexibility index (Phi) is 4.71. The van der Waals surface area contributed by atoms with Crippen molar-refractivity contribution < 1.29 is 14.9 Å². The molecular weight excluding hydrogens is 438 g/mol. The van der Waals surface area contributed by atoms with Gasteiger partial charge in [0, 0.05) is 28.9 Å². The second-order valence-corrected chi connectivity index (χ2v) is 7.68. The SMILES string of the molecule is COc1cc([C@H]2C[C@@H](n3cc(Br)c4c(N)nc(Cl)nc43)[C@H](O)[C@@H]2O)ccn1. The summed E-state index contributed by atoms with van der Waals surface area (Å²) < 4.78 is 7.65. The molecule has 0 bridgehead atoms. The zero-order chi connectivity index (χ0) is 19.3. The number of methoxy groups -OCH3 is 1. The lowest BCUT2D eigenvalue weighted by atomic mass is 9.96. The van der Waals surface area contributed by atoms with Gasteiger partial charge >= 0.3 is 0 Å². The van der Waals surface area contributed by atoms with Crippen LogP contribution in [0.15, 0.2) is 29.0 Å². The molecule has 0 spiro atoms. The predicted octanol–water partition coefficient (Wildman–Crippen LogP) is 2.28. The average molecular weight is 455 g/mol. The summed E-state index contributed by atoms with van der Waals surface area (Å²) in [6, 6.07) is 3.17. The fraction of sp³-hybridized carbons (Fsp3) is 0.353. The molecule has 0 aliphatic heterocycles. The van der Waals surface area contributed by atoms with E-state index in [0.717, 1.165) is 5.56 Å². The Balaban J connectivity index is 1.76.